The molecule has 0 atom stereocenters. The van der Waals surface area contributed by atoms with Gasteiger partial charge in [0.05, 0.1) is 18.8 Å². The highest BCUT2D eigenvalue weighted by Gasteiger charge is 2.27. The van der Waals surface area contributed by atoms with E-state index in [9.17, 15) is 4.79 Å². The Morgan fingerprint density at radius 1 is 1.31 bits per heavy atom. The first-order valence-corrected chi connectivity index (χ1v) is 9.46. The number of guanidine groups is 1. The third-order valence-electron chi connectivity index (χ3n) is 4.43. The van der Waals surface area contributed by atoms with Gasteiger partial charge in [-0.25, -0.2) is 0 Å². The van der Waals surface area contributed by atoms with Crippen molar-refractivity contribution in [3.8, 4) is 0 Å². The van der Waals surface area contributed by atoms with Crippen LogP contribution in [0.2, 0.25) is 0 Å². The zero-order valence-corrected chi connectivity index (χ0v) is 18.2. The average Bonchev–Trinajstić information content (AvgIpc) is 3.13. The molecule has 0 aromatic carbocycles. The lowest BCUT2D eigenvalue weighted by molar-refractivity contribution is -0.149. The fourth-order valence-electron chi connectivity index (χ4n) is 3.06. The molecule has 7 heteroatoms. The molecule has 1 saturated carbocycles. The predicted molar refractivity (Wildman–Crippen MR) is 114 cm³/mol. The Balaban J connectivity index is 0.00000338. The van der Waals surface area contributed by atoms with E-state index in [1.807, 2.05) is 19.1 Å². The van der Waals surface area contributed by atoms with Crippen molar-refractivity contribution in [2.45, 2.75) is 58.4 Å². The van der Waals surface area contributed by atoms with Crippen molar-refractivity contribution < 1.29 is 13.9 Å². The molecule has 6 nitrogen and oxygen atoms in total. The summed E-state index contributed by atoms with van der Waals surface area (Å²) in [6.07, 6.45) is 7.23. The molecule has 1 heterocycles. The van der Waals surface area contributed by atoms with Gasteiger partial charge in [0.15, 0.2) is 5.96 Å². The number of hydrogen-bond acceptors (Lipinski definition) is 4. The molecule has 1 aromatic rings. The first kappa shape index (κ1) is 22.8. The van der Waals surface area contributed by atoms with Gasteiger partial charge in [0, 0.05) is 25.6 Å². The number of hydrogen-bond donors (Lipinski definition) is 2. The maximum atomic E-state index is 11.8. The number of nitrogens with one attached hydrogen (secondary N) is 2. The summed E-state index contributed by atoms with van der Waals surface area (Å²) in [4.78, 5) is 16.4. The second-order valence-electron chi connectivity index (χ2n) is 6.43. The molecule has 1 aliphatic rings. The van der Waals surface area contributed by atoms with Crippen LogP contribution in [0.15, 0.2) is 27.8 Å². The number of halogens is 1. The minimum atomic E-state index is -0.0441. The topological polar surface area (TPSA) is 75.9 Å². The van der Waals surface area contributed by atoms with Gasteiger partial charge in [0.1, 0.15) is 5.76 Å². The summed E-state index contributed by atoms with van der Waals surface area (Å²) in [6.45, 7) is 6.02. The quantitative estimate of drug-likeness (QED) is 0.260. The molecule has 1 fully saturated rings. The SMILES string of the molecule is CCCN=C(NCCc1ccco1)NC1CCC(C(=O)OCC)CC1.I. The van der Waals surface area contributed by atoms with E-state index in [4.69, 9.17) is 9.15 Å². The molecule has 0 spiro atoms. The molecule has 1 aromatic heterocycles. The molecule has 148 valence electrons. The summed E-state index contributed by atoms with van der Waals surface area (Å²) in [7, 11) is 0. The predicted octanol–water partition coefficient (Wildman–Crippen LogP) is 3.51. The van der Waals surface area contributed by atoms with E-state index in [2.05, 4.69) is 22.5 Å². The zero-order valence-electron chi connectivity index (χ0n) is 15.8. The van der Waals surface area contributed by atoms with Crippen LogP contribution >= 0.6 is 24.0 Å². The van der Waals surface area contributed by atoms with Gasteiger partial charge in [-0.05, 0) is 51.2 Å². The smallest absolute Gasteiger partial charge is 0.308 e. The van der Waals surface area contributed by atoms with Gasteiger partial charge >= 0.3 is 5.97 Å². The minimum Gasteiger partial charge on any atom is -0.469 e. The first-order chi connectivity index (χ1) is 12.2. The Kier molecular flexibility index (Phi) is 11.4. The van der Waals surface area contributed by atoms with Gasteiger partial charge in [-0.1, -0.05) is 6.92 Å². The maximum absolute atomic E-state index is 11.8. The first-order valence-electron chi connectivity index (χ1n) is 9.46. The summed E-state index contributed by atoms with van der Waals surface area (Å²) in [6, 6.07) is 4.24. The molecule has 0 amide bonds. The van der Waals surface area contributed by atoms with E-state index in [0.717, 1.165) is 63.3 Å². The molecule has 26 heavy (non-hydrogen) atoms. The van der Waals surface area contributed by atoms with Crippen molar-refractivity contribution in [2.75, 3.05) is 19.7 Å². The molecular formula is C19H32IN3O3. The zero-order chi connectivity index (χ0) is 17.9. The summed E-state index contributed by atoms with van der Waals surface area (Å²) < 4.78 is 10.5. The van der Waals surface area contributed by atoms with E-state index in [0.29, 0.717) is 12.6 Å². The van der Waals surface area contributed by atoms with Crippen molar-refractivity contribution in [1.82, 2.24) is 10.6 Å². The number of aliphatic imine (C=N–C) groups is 1. The Labute approximate surface area is 173 Å². The van der Waals surface area contributed by atoms with Crippen molar-refractivity contribution in [2.24, 2.45) is 10.9 Å². The number of ether oxygens (including phenoxy) is 1. The van der Waals surface area contributed by atoms with E-state index in [-0.39, 0.29) is 35.9 Å². The monoisotopic (exact) mass is 477 g/mol. The highest BCUT2D eigenvalue weighted by atomic mass is 127. The maximum Gasteiger partial charge on any atom is 0.308 e. The molecular weight excluding hydrogens is 445 g/mol. The van der Waals surface area contributed by atoms with Crippen LogP contribution in [0.4, 0.5) is 0 Å². The number of rotatable bonds is 8. The number of carbonyl (C=O) groups excluding carboxylic acids is 1. The second-order valence-corrected chi connectivity index (χ2v) is 6.43. The van der Waals surface area contributed by atoms with Crippen molar-refractivity contribution in [1.29, 1.82) is 0 Å². The van der Waals surface area contributed by atoms with E-state index in [1.165, 1.54) is 0 Å². The molecule has 0 bridgehead atoms. The number of nitrogens with zero attached hydrogens (tertiary/aromatic N) is 1. The fraction of sp³-hybridized carbons (Fsp3) is 0.684. The van der Waals surface area contributed by atoms with Crippen LogP contribution in [0.25, 0.3) is 0 Å². The summed E-state index contributed by atoms with van der Waals surface area (Å²) >= 11 is 0. The Hall–Kier alpha value is -1.25. The standard InChI is InChI=1S/C19H31N3O3.HI/c1-3-12-20-19(21-13-11-17-6-5-14-25-17)22-16-9-7-15(8-10-16)18(23)24-4-2;/h5-6,14-16H,3-4,7-13H2,1-2H3,(H2,20,21,22);1H. The van der Waals surface area contributed by atoms with Crippen molar-refractivity contribution in [3.63, 3.8) is 0 Å². The third-order valence-corrected chi connectivity index (χ3v) is 4.43. The highest BCUT2D eigenvalue weighted by Crippen LogP contribution is 2.25. The van der Waals surface area contributed by atoms with Crippen LogP contribution in [-0.2, 0) is 16.0 Å². The summed E-state index contributed by atoms with van der Waals surface area (Å²) in [5.74, 6) is 1.84. The summed E-state index contributed by atoms with van der Waals surface area (Å²) in [5.41, 5.74) is 0. The molecule has 1 aliphatic carbocycles. The van der Waals surface area contributed by atoms with E-state index in [1.54, 1.807) is 6.26 Å². The van der Waals surface area contributed by atoms with Gasteiger partial charge < -0.3 is 19.8 Å². The second kappa shape index (κ2) is 13.0. The normalized spacial score (nSPS) is 20.2. The molecule has 0 unspecified atom stereocenters. The van der Waals surface area contributed by atoms with Crippen LogP contribution in [0.3, 0.4) is 0 Å². The lowest BCUT2D eigenvalue weighted by atomic mass is 9.86. The van der Waals surface area contributed by atoms with Crippen LogP contribution in [0.1, 0.15) is 51.7 Å². The van der Waals surface area contributed by atoms with Crippen LogP contribution < -0.4 is 10.6 Å². The van der Waals surface area contributed by atoms with Crippen LogP contribution in [0, 0.1) is 5.92 Å². The molecule has 2 rings (SSSR count). The number of esters is 1. The van der Waals surface area contributed by atoms with Gasteiger partial charge in [0.2, 0.25) is 0 Å². The molecule has 2 N–H and O–H groups in total. The number of carbonyl (C=O) groups is 1. The van der Waals surface area contributed by atoms with Gasteiger partial charge in [-0.15, -0.1) is 24.0 Å². The lowest BCUT2D eigenvalue weighted by Gasteiger charge is -2.29. The fourth-order valence-corrected chi connectivity index (χ4v) is 3.06. The van der Waals surface area contributed by atoms with Crippen LogP contribution in [0.5, 0.6) is 0 Å². The van der Waals surface area contributed by atoms with Gasteiger partial charge in [-0.3, -0.25) is 9.79 Å². The third kappa shape index (κ3) is 7.97. The minimum absolute atomic E-state index is 0. The van der Waals surface area contributed by atoms with Crippen molar-refractivity contribution in [3.05, 3.63) is 24.2 Å². The Morgan fingerprint density at radius 2 is 2.08 bits per heavy atom. The highest BCUT2D eigenvalue weighted by molar-refractivity contribution is 14.0. The van der Waals surface area contributed by atoms with Gasteiger partial charge in [0.25, 0.3) is 0 Å². The molecule has 0 aliphatic heterocycles. The van der Waals surface area contributed by atoms with E-state index < -0.39 is 0 Å². The Bertz CT molecular complexity index is 526. The Morgan fingerprint density at radius 3 is 2.69 bits per heavy atom. The van der Waals surface area contributed by atoms with Crippen molar-refractivity contribution >= 4 is 35.9 Å². The largest absolute Gasteiger partial charge is 0.469 e. The average molecular weight is 477 g/mol. The number of furan rings is 1. The van der Waals surface area contributed by atoms with Crippen LogP contribution in [-0.4, -0.2) is 37.7 Å². The molecule has 0 radical (unpaired) electrons. The lowest BCUT2D eigenvalue weighted by Crippen LogP contribution is -2.46. The molecule has 0 saturated heterocycles. The van der Waals surface area contributed by atoms with Gasteiger partial charge in [-0.2, -0.15) is 0 Å². The van der Waals surface area contributed by atoms with E-state index >= 15 is 0 Å². The summed E-state index contributed by atoms with van der Waals surface area (Å²) in [5, 5.41) is 6.90.